The molecule has 2 unspecified atom stereocenters. The van der Waals surface area contributed by atoms with Crippen molar-refractivity contribution < 1.29 is 9.59 Å². The minimum atomic E-state index is -0.0609. The van der Waals surface area contributed by atoms with Crippen molar-refractivity contribution in [1.29, 1.82) is 0 Å². The zero-order valence-corrected chi connectivity index (χ0v) is 15.4. The molecule has 0 saturated carbocycles. The largest absolute Gasteiger partial charge is 0.331 e. The Morgan fingerprint density at radius 1 is 1.00 bits per heavy atom. The molecular formula is C19H21ClN2O2S. The molecule has 2 aliphatic heterocycles. The molecule has 4 rings (SSSR count). The van der Waals surface area contributed by atoms with Crippen molar-refractivity contribution in [2.75, 3.05) is 13.1 Å². The van der Waals surface area contributed by atoms with E-state index in [1.165, 1.54) is 11.3 Å². The van der Waals surface area contributed by atoms with Gasteiger partial charge in [0.25, 0.3) is 5.91 Å². The summed E-state index contributed by atoms with van der Waals surface area (Å²) in [6.07, 6.45) is 3.10. The van der Waals surface area contributed by atoms with Crippen LogP contribution in [0, 0.1) is 0 Å². The molecule has 1 aromatic heterocycles. The van der Waals surface area contributed by atoms with Crippen LogP contribution in [0.2, 0.25) is 0 Å². The summed E-state index contributed by atoms with van der Waals surface area (Å²) in [6, 6.07) is 11.5. The lowest BCUT2D eigenvalue weighted by atomic mass is 10.0. The van der Waals surface area contributed by atoms with Crippen molar-refractivity contribution in [3.63, 3.8) is 0 Å². The molecule has 6 heteroatoms. The summed E-state index contributed by atoms with van der Waals surface area (Å²) >= 11 is 1.41. The third-order valence-electron chi connectivity index (χ3n) is 5.04. The molecule has 2 aromatic rings. The quantitative estimate of drug-likeness (QED) is 0.835. The summed E-state index contributed by atoms with van der Waals surface area (Å²) in [5.74, 6) is -0.0547. The smallest absolute Gasteiger partial charge is 0.255 e. The van der Waals surface area contributed by atoms with E-state index in [9.17, 15) is 9.59 Å². The van der Waals surface area contributed by atoms with E-state index < -0.39 is 0 Å². The Hall–Kier alpha value is -1.69. The van der Waals surface area contributed by atoms with E-state index in [1.54, 1.807) is 12.1 Å². The monoisotopic (exact) mass is 376 g/mol. The maximum atomic E-state index is 13.3. The molecular weight excluding hydrogens is 356 g/mol. The number of carbonyl (C=O) groups is 2. The van der Waals surface area contributed by atoms with E-state index in [0.29, 0.717) is 22.0 Å². The highest BCUT2D eigenvalue weighted by atomic mass is 35.5. The van der Waals surface area contributed by atoms with Gasteiger partial charge >= 0.3 is 0 Å². The Bertz CT molecular complexity index is 749. The molecule has 3 heterocycles. The van der Waals surface area contributed by atoms with E-state index in [4.69, 9.17) is 0 Å². The van der Waals surface area contributed by atoms with Crippen molar-refractivity contribution >= 4 is 35.4 Å². The van der Waals surface area contributed by atoms with Gasteiger partial charge in [-0.05, 0) is 43.3 Å². The van der Waals surface area contributed by atoms with Crippen LogP contribution in [0.15, 0.2) is 41.8 Å². The van der Waals surface area contributed by atoms with Crippen LogP contribution in [-0.4, -0.2) is 41.8 Å². The molecule has 2 saturated heterocycles. The molecule has 1 amide bonds. The van der Waals surface area contributed by atoms with E-state index in [2.05, 4.69) is 5.32 Å². The second kappa shape index (κ2) is 7.68. The van der Waals surface area contributed by atoms with Gasteiger partial charge in [-0.1, -0.05) is 24.3 Å². The Kier molecular flexibility index (Phi) is 5.57. The molecule has 0 spiro atoms. The maximum absolute atomic E-state index is 13.3. The van der Waals surface area contributed by atoms with Gasteiger partial charge in [-0.15, -0.1) is 23.7 Å². The first-order chi connectivity index (χ1) is 11.8. The van der Waals surface area contributed by atoms with Crippen LogP contribution >= 0.6 is 23.7 Å². The lowest BCUT2D eigenvalue weighted by Gasteiger charge is -2.28. The van der Waals surface area contributed by atoms with Crippen molar-refractivity contribution in [2.45, 2.75) is 31.3 Å². The highest BCUT2D eigenvalue weighted by Crippen LogP contribution is 2.30. The van der Waals surface area contributed by atoms with Gasteiger partial charge in [-0.2, -0.15) is 0 Å². The van der Waals surface area contributed by atoms with Crippen LogP contribution in [0.4, 0.5) is 0 Å². The number of thiophene rings is 1. The van der Waals surface area contributed by atoms with Crippen LogP contribution < -0.4 is 5.32 Å². The molecule has 0 radical (unpaired) electrons. The fraction of sp³-hybridized carbons (Fsp3) is 0.368. The Balaban J connectivity index is 0.00000182. The number of hydrogen-bond donors (Lipinski definition) is 1. The molecule has 2 aliphatic rings. The van der Waals surface area contributed by atoms with Gasteiger partial charge in [-0.3, -0.25) is 9.59 Å². The second-order valence-electron chi connectivity index (χ2n) is 6.44. The van der Waals surface area contributed by atoms with E-state index >= 15 is 0 Å². The number of fused-ring (bicyclic) bond motifs is 2. The third kappa shape index (κ3) is 3.36. The summed E-state index contributed by atoms with van der Waals surface area (Å²) in [7, 11) is 0. The highest BCUT2D eigenvalue weighted by molar-refractivity contribution is 7.12. The molecule has 4 nitrogen and oxygen atoms in total. The van der Waals surface area contributed by atoms with Crippen LogP contribution in [0.5, 0.6) is 0 Å². The maximum Gasteiger partial charge on any atom is 0.255 e. The van der Waals surface area contributed by atoms with Gasteiger partial charge in [-0.25, -0.2) is 0 Å². The minimum absolute atomic E-state index is 0. The second-order valence-corrected chi connectivity index (χ2v) is 7.39. The predicted molar refractivity (Wildman–Crippen MR) is 102 cm³/mol. The molecule has 25 heavy (non-hydrogen) atoms. The summed E-state index contributed by atoms with van der Waals surface area (Å²) < 4.78 is 0. The number of halogens is 1. The third-order valence-corrected chi connectivity index (χ3v) is 5.90. The molecule has 132 valence electrons. The standard InChI is InChI=1S/C19H20N2O2S.ClH/c22-18(17-6-3-11-24-17)15-4-1-2-5-16(15)19(23)21-13-7-8-14(21)12-20-10-9-13;/h1-6,11,13-14,20H,7-10,12H2;1H. The first kappa shape index (κ1) is 18.1. The van der Waals surface area contributed by atoms with Gasteiger partial charge in [0, 0.05) is 24.2 Å². The summed E-state index contributed by atoms with van der Waals surface area (Å²) in [4.78, 5) is 28.8. The fourth-order valence-corrected chi connectivity index (χ4v) is 4.54. The lowest BCUT2D eigenvalue weighted by Crippen LogP contribution is -2.43. The van der Waals surface area contributed by atoms with E-state index in [0.717, 1.165) is 32.4 Å². The summed E-state index contributed by atoms with van der Waals surface area (Å²) in [6.45, 7) is 1.81. The van der Waals surface area contributed by atoms with Crippen molar-refractivity contribution in [2.24, 2.45) is 0 Å². The number of nitrogens with zero attached hydrogens (tertiary/aromatic N) is 1. The number of benzene rings is 1. The SMILES string of the molecule is Cl.O=C(c1cccs1)c1ccccc1C(=O)N1C2CCNCC1CC2. The number of ketones is 1. The van der Waals surface area contributed by atoms with Crippen LogP contribution in [-0.2, 0) is 0 Å². The lowest BCUT2D eigenvalue weighted by molar-refractivity contribution is 0.0677. The molecule has 2 bridgehead atoms. The van der Waals surface area contributed by atoms with Crippen LogP contribution in [0.1, 0.15) is 44.9 Å². The van der Waals surface area contributed by atoms with Gasteiger partial charge in [0.05, 0.1) is 10.4 Å². The van der Waals surface area contributed by atoms with Crippen molar-refractivity contribution in [3.05, 3.63) is 57.8 Å². The average molecular weight is 377 g/mol. The normalized spacial score (nSPS) is 22.2. The van der Waals surface area contributed by atoms with Crippen molar-refractivity contribution in [3.8, 4) is 0 Å². The van der Waals surface area contributed by atoms with Crippen LogP contribution in [0.3, 0.4) is 0 Å². The Morgan fingerprint density at radius 3 is 2.52 bits per heavy atom. The van der Waals surface area contributed by atoms with Gasteiger partial charge in [0.2, 0.25) is 5.78 Å². The number of carbonyl (C=O) groups excluding carboxylic acids is 2. The number of amides is 1. The number of rotatable bonds is 3. The predicted octanol–water partition coefficient (Wildman–Crippen LogP) is 3.37. The molecule has 1 aromatic carbocycles. The first-order valence-electron chi connectivity index (χ1n) is 8.46. The zero-order chi connectivity index (χ0) is 16.5. The van der Waals surface area contributed by atoms with Gasteiger partial charge < -0.3 is 10.2 Å². The summed E-state index contributed by atoms with van der Waals surface area (Å²) in [5, 5.41) is 5.30. The van der Waals surface area contributed by atoms with E-state index in [-0.39, 0.29) is 30.1 Å². The van der Waals surface area contributed by atoms with Gasteiger partial charge in [0.15, 0.2) is 0 Å². The molecule has 1 N–H and O–H groups in total. The molecule has 2 fully saturated rings. The van der Waals surface area contributed by atoms with Crippen molar-refractivity contribution in [1.82, 2.24) is 10.2 Å². The molecule has 2 atom stereocenters. The van der Waals surface area contributed by atoms with E-state index in [1.807, 2.05) is 34.5 Å². The Labute approximate surface area is 157 Å². The summed E-state index contributed by atoms with van der Waals surface area (Å²) in [5.41, 5.74) is 1.05. The van der Waals surface area contributed by atoms with Gasteiger partial charge in [0.1, 0.15) is 0 Å². The average Bonchev–Trinajstić information content (AvgIpc) is 3.21. The Morgan fingerprint density at radius 2 is 1.76 bits per heavy atom. The zero-order valence-electron chi connectivity index (χ0n) is 13.8. The number of nitrogens with one attached hydrogen (secondary N) is 1. The molecule has 0 aliphatic carbocycles. The highest BCUT2D eigenvalue weighted by Gasteiger charge is 2.39. The fourth-order valence-electron chi connectivity index (χ4n) is 3.86. The number of hydrogen-bond acceptors (Lipinski definition) is 4. The van der Waals surface area contributed by atoms with Crippen LogP contribution in [0.25, 0.3) is 0 Å². The topological polar surface area (TPSA) is 49.4 Å². The first-order valence-corrected chi connectivity index (χ1v) is 9.34. The minimum Gasteiger partial charge on any atom is -0.331 e.